The van der Waals surface area contributed by atoms with Crippen LogP contribution in [0.15, 0.2) is 146 Å². The highest BCUT2D eigenvalue weighted by Crippen LogP contribution is 2.34. The highest BCUT2D eigenvalue weighted by Gasteiger charge is 2.24. The average Bonchev–Trinajstić information content (AvgIpc) is 3.32. The second-order valence-corrected chi connectivity index (χ2v) is 24.0. The van der Waals surface area contributed by atoms with Gasteiger partial charge in [0.05, 0.1) is 46.9 Å². The molecule has 0 spiro atoms. The van der Waals surface area contributed by atoms with E-state index in [1.54, 1.807) is 48.4 Å². The van der Waals surface area contributed by atoms with Gasteiger partial charge in [0.25, 0.3) is 0 Å². The Morgan fingerprint density at radius 3 is 1.44 bits per heavy atom. The molecule has 2 aliphatic rings. The maximum atomic E-state index is 12.4. The minimum atomic E-state index is -0.903. The highest BCUT2D eigenvalue weighted by molar-refractivity contribution is 6.33. The number of carbonyl (C=O) groups excluding carboxylic acids is 3. The van der Waals surface area contributed by atoms with E-state index in [-0.39, 0.29) is 43.0 Å². The lowest BCUT2D eigenvalue weighted by Crippen LogP contribution is -2.39. The number of para-hydroxylation sites is 2. The first-order valence-corrected chi connectivity index (χ1v) is 30.2. The Morgan fingerprint density at radius 1 is 0.625 bits per heavy atom. The molecule has 2 aliphatic heterocycles. The number of anilines is 4. The minimum absolute atomic E-state index is 0.0777. The Kier molecular flexibility index (Phi) is 22.1. The van der Waals surface area contributed by atoms with Crippen molar-refractivity contribution in [2.45, 2.75) is 77.2 Å². The Labute approximate surface area is 522 Å². The molecular formula is C66H76Cl2N14O6. The van der Waals surface area contributed by atoms with Crippen molar-refractivity contribution in [1.29, 1.82) is 0 Å². The molecule has 0 bridgehead atoms. The number of benzene rings is 4. The van der Waals surface area contributed by atoms with Gasteiger partial charge in [0, 0.05) is 133 Å². The number of carboxylic acid groups (broad SMARTS) is 1. The zero-order valence-electron chi connectivity index (χ0n) is 50.2. The van der Waals surface area contributed by atoms with Gasteiger partial charge in [-0.05, 0) is 108 Å². The number of nitrogens with one attached hydrogen (secondary N) is 6. The highest BCUT2D eigenvalue weighted by atomic mass is 35.5. The number of halogens is 2. The Balaban J connectivity index is 0.000000210. The number of likely N-dealkylation sites (tertiary alicyclic amines) is 2. The van der Waals surface area contributed by atoms with Crippen LogP contribution >= 0.6 is 23.2 Å². The molecule has 88 heavy (non-hydrogen) atoms. The predicted octanol–water partition coefficient (Wildman–Crippen LogP) is 11.0. The Hall–Kier alpha value is -8.50. The van der Waals surface area contributed by atoms with Crippen LogP contribution in [0.1, 0.15) is 57.6 Å². The molecule has 20 nitrogen and oxygen atoms in total. The summed E-state index contributed by atoms with van der Waals surface area (Å²) in [5.41, 5.74) is 8.72. The summed E-state index contributed by atoms with van der Waals surface area (Å²) in [6, 6.07) is 32.5. The van der Waals surface area contributed by atoms with E-state index in [2.05, 4.69) is 63.1 Å². The van der Waals surface area contributed by atoms with Gasteiger partial charge < -0.3 is 41.1 Å². The van der Waals surface area contributed by atoms with Gasteiger partial charge in [-0.1, -0.05) is 96.0 Å². The van der Waals surface area contributed by atoms with E-state index in [0.717, 1.165) is 104 Å². The molecular weight excluding hydrogens is 1160 g/mol. The quantitative estimate of drug-likeness (QED) is 0.0246. The van der Waals surface area contributed by atoms with Crippen molar-refractivity contribution in [2.75, 3.05) is 87.7 Å². The van der Waals surface area contributed by atoms with Gasteiger partial charge in [-0.3, -0.25) is 38.8 Å². The Bertz CT molecular complexity index is 3720. The molecule has 22 heteroatoms. The fourth-order valence-corrected chi connectivity index (χ4v) is 10.9. The van der Waals surface area contributed by atoms with Gasteiger partial charge in [0.15, 0.2) is 0 Å². The number of nitrogens with zero attached hydrogens (tertiary/aromatic N) is 8. The summed E-state index contributed by atoms with van der Waals surface area (Å²) in [5.74, 6) is -0.495. The van der Waals surface area contributed by atoms with Gasteiger partial charge in [-0.25, -0.2) is 19.9 Å². The average molecular weight is 1230 g/mol. The lowest BCUT2D eigenvalue weighted by atomic mass is 10.0. The van der Waals surface area contributed by atoms with Crippen LogP contribution in [0.5, 0.6) is 0 Å². The van der Waals surface area contributed by atoms with Crippen LogP contribution in [0.2, 0.25) is 10.0 Å². The second-order valence-electron chi connectivity index (χ2n) is 23.2. The zero-order chi connectivity index (χ0) is 62.2. The number of aromatic nitrogens is 6. The molecule has 2 fully saturated rings. The van der Waals surface area contributed by atoms with E-state index in [9.17, 15) is 19.2 Å². The van der Waals surface area contributed by atoms with E-state index >= 15 is 0 Å². The summed E-state index contributed by atoms with van der Waals surface area (Å²) in [7, 11) is 3.49. The van der Waals surface area contributed by atoms with E-state index < -0.39 is 11.6 Å². The number of carboxylic acids is 1. The summed E-state index contributed by atoms with van der Waals surface area (Å²) < 4.78 is 5.33. The first-order chi connectivity index (χ1) is 42.4. The number of carbonyl (C=O) groups is 4. The smallest absolute Gasteiger partial charge is 0.320 e. The van der Waals surface area contributed by atoms with Crippen molar-refractivity contribution in [1.82, 2.24) is 49.5 Å². The van der Waals surface area contributed by atoms with Gasteiger partial charge in [-0.15, -0.1) is 0 Å². The standard InChI is InChI=1S/C35H42ClN7O3.C31H34ClN7O3/c1-35(2,3)46-32(45)23-42(4)17-7-10-31(44)39-25-13-11-24(12-14-25)22-43-18-15-26(16-19-43)40-34-38-21-29(36)33(41-34)28-20-37-30-9-6-5-8-27(28)30;1-38(20-29(41)42)14-4-7-28(40)35-22-10-8-21(9-11-22)19-39-15-12-23(13-16-39)36-31-34-18-26(32)30(37-31)25-17-33-27-6-3-2-5-24(25)27/h5-14,20-21,26,37H,15-19,22-23H2,1-4H3,(H,39,44)(H,38,40,41);2-11,17-18,23,33H,12-16,19-20H2,1H3,(H,35,40)(H,41,42)(H,34,36,37)/b10-7+;7-4+. The van der Waals surface area contributed by atoms with Gasteiger partial charge in [0.1, 0.15) is 5.60 Å². The summed E-state index contributed by atoms with van der Waals surface area (Å²) in [6.07, 6.45) is 17.4. The molecule has 0 radical (unpaired) electrons. The predicted molar refractivity (Wildman–Crippen MR) is 349 cm³/mol. The number of esters is 1. The van der Waals surface area contributed by atoms with Crippen molar-refractivity contribution in [2.24, 2.45) is 0 Å². The van der Waals surface area contributed by atoms with E-state index in [0.29, 0.717) is 52.1 Å². The van der Waals surface area contributed by atoms with Crippen molar-refractivity contribution < 1.29 is 29.0 Å². The number of fused-ring (bicyclic) bond motifs is 2. The summed E-state index contributed by atoms with van der Waals surface area (Å²) in [6.45, 7) is 11.9. The molecule has 2 amide bonds. The van der Waals surface area contributed by atoms with Crippen molar-refractivity contribution in [3.05, 3.63) is 167 Å². The molecule has 460 valence electrons. The number of hydrogen-bond donors (Lipinski definition) is 7. The molecule has 7 N–H and O–H groups in total. The third-order valence-corrected chi connectivity index (χ3v) is 15.4. The Morgan fingerprint density at radius 2 is 1.03 bits per heavy atom. The number of ether oxygens (including phenoxy) is 1. The first-order valence-electron chi connectivity index (χ1n) is 29.5. The van der Waals surface area contributed by atoms with Crippen molar-refractivity contribution >= 4 is 92.0 Å². The summed E-state index contributed by atoms with van der Waals surface area (Å²) >= 11 is 13.0. The number of H-pyrrole nitrogens is 2. The molecule has 0 atom stereocenters. The van der Waals surface area contributed by atoms with Crippen molar-refractivity contribution in [3.8, 4) is 22.5 Å². The third-order valence-electron chi connectivity index (χ3n) is 14.9. The number of aliphatic carboxylic acids is 1. The number of hydrogen-bond acceptors (Lipinski definition) is 15. The SMILES string of the molecule is CN(C/C=C/C(=O)Nc1ccc(CN2CCC(Nc3ncc(Cl)c(-c4c[nH]c5ccccc45)n3)CC2)cc1)CC(=O)O.CN(C/C=C/C(=O)Nc1ccc(CN2CCC(Nc3ncc(Cl)c(-c4c[nH]c5ccccc45)n3)CC2)cc1)CC(=O)OC(C)(C)C. The maximum Gasteiger partial charge on any atom is 0.320 e. The topological polar surface area (TPSA) is 242 Å². The van der Waals surface area contributed by atoms with Crippen LogP contribution in [0.4, 0.5) is 23.3 Å². The molecule has 4 aromatic carbocycles. The van der Waals surface area contributed by atoms with E-state index in [4.69, 9.17) is 43.0 Å². The van der Waals surface area contributed by atoms with Gasteiger partial charge >= 0.3 is 11.9 Å². The maximum absolute atomic E-state index is 12.4. The third kappa shape index (κ3) is 19.0. The molecule has 6 heterocycles. The number of amides is 2. The minimum Gasteiger partial charge on any atom is -0.480 e. The fourth-order valence-electron chi connectivity index (χ4n) is 10.5. The van der Waals surface area contributed by atoms with Gasteiger partial charge in [-0.2, -0.15) is 0 Å². The molecule has 4 aromatic heterocycles. The first kappa shape index (κ1) is 64.0. The number of likely N-dealkylation sites (N-methyl/N-ethyl adjacent to an activating group) is 2. The number of rotatable bonds is 22. The van der Waals surface area contributed by atoms with Crippen LogP contribution < -0.4 is 21.3 Å². The van der Waals surface area contributed by atoms with E-state index in [1.165, 1.54) is 23.3 Å². The van der Waals surface area contributed by atoms with Crippen LogP contribution in [-0.4, -0.2) is 163 Å². The van der Waals surface area contributed by atoms with Crippen LogP contribution in [0, 0.1) is 0 Å². The molecule has 2 saturated heterocycles. The monoisotopic (exact) mass is 1230 g/mol. The van der Waals surface area contributed by atoms with Crippen molar-refractivity contribution in [3.63, 3.8) is 0 Å². The van der Waals surface area contributed by atoms with Gasteiger partial charge in [0.2, 0.25) is 23.7 Å². The number of aromatic amines is 2. The normalized spacial score (nSPS) is 14.6. The summed E-state index contributed by atoms with van der Waals surface area (Å²) in [5, 5.41) is 24.7. The largest absolute Gasteiger partial charge is 0.480 e. The molecule has 10 rings (SSSR count). The fraction of sp³-hybridized carbons (Fsp3) is 0.333. The second kappa shape index (κ2) is 30.4. The molecule has 0 saturated carbocycles. The van der Waals surface area contributed by atoms with E-state index in [1.807, 2.05) is 118 Å². The lowest BCUT2D eigenvalue weighted by molar-refractivity contribution is -0.155. The van der Waals surface area contributed by atoms with Crippen LogP contribution in [-0.2, 0) is 37.0 Å². The van der Waals surface area contributed by atoms with Crippen LogP contribution in [0.3, 0.4) is 0 Å². The summed E-state index contributed by atoms with van der Waals surface area (Å²) in [4.78, 5) is 80.4. The number of piperidine rings is 2. The molecule has 0 aliphatic carbocycles. The molecule has 0 unspecified atom stereocenters. The molecule has 8 aromatic rings. The van der Waals surface area contributed by atoms with Crippen LogP contribution in [0.25, 0.3) is 44.3 Å². The lowest BCUT2D eigenvalue weighted by Gasteiger charge is -2.32. The zero-order valence-corrected chi connectivity index (χ0v) is 51.7.